The second kappa shape index (κ2) is 6.70. The van der Waals surface area contributed by atoms with Crippen LogP contribution in [0.5, 0.6) is 5.75 Å². The lowest BCUT2D eigenvalue weighted by Gasteiger charge is -2.05. The minimum Gasteiger partial charge on any atom is -0.497 e. The molecule has 0 unspecified atom stereocenters. The molecule has 1 N–H and O–H groups in total. The van der Waals surface area contributed by atoms with Crippen LogP contribution in [0.2, 0.25) is 4.34 Å². The highest BCUT2D eigenvalue weighted by Crippen LogP contribution is 2.35. The first-order chi connectivity index (χ1) is 11.1. The molecule has 2 aromatic heterocycles. The largest absolute Gasteiger partial charge is 0.497 e. The third-order valence-electron chi connectivity index (χ3n) is 3.13. The number of hydrogen-bond donors (Lipinski definition) is 1. The highest BCUT2D eigenvalue weighted by molar-refractivity contribution is 7.24. The summed E-state index contributed by atoms with van der Waals surface area (Å²) in [6, 6.07) is 10.9. The van der Waals surface area contributed by atoms with E-state index in [1.165, 1.54) is 22.7 Å². The number of benzene rings is 1. The van der Waals surface area contributed by atoms with Crippen LogP contribution in [0.3, 0.4) is 0 Å². The molecule has 0 aliphatic heterocycles. The zero-order chi connectivity index (χ0) is 16.4. The molecule has 0 aliphatic carbocycles. The summed E-state index contributed by atoms with van der Waals surface area (Å²) in [5, 5.41) is 3.68. The number of carbonyl (C=O) groups is 1. The minimum atomic E-state index is -0.168. The molecule has 7 heteroatoms. The number of carbonyl (C=O) groups excluding carboxylic acids is 1. The van der Waals surface area contributed by atoms with Crippen LogP contribution in [0.1, 0.15) is 15.4 Å². The van der Waals surface area contributed by atoms with Gasteiger partial charge in [0.1, 0.15) is 15.6 Å². The van der Waals surface area contributed by atoms with Crippen molar-refractivity contribution < 1.29 is 9.53 Å². The number of anilines is 1. The van der Waals surface area contributed by atoms with Crippen LogP contribution in [-0.2, 0) is 0 Å². The zero-order valence-corrected chi connectivity index (χ0v) is 14.8. The fourth-order valence-electron chi connectivity index (χ4n) is 2.00. The van der Waals surface area contributed by atoms with E-state index < -0.39 is 0 Å². The van der Waals surface area contributed by atoms with Gasteiger partial charge in [0.2, 0.25) is 0 Å². The summed E-state index contributed by atoms with van der Waals surface area (Å²) < 4.78 is 5.81. The van der Waals surface area contributed by atoms with Gasteiger partial charge in [-0.1, -0.05) is 11.6 Å². The van der Waals surface area contributed by atoms with E-state index in [0.717, 1.165) is 15.6 Å². The molecule has 0 saturated carbocycles. The smallest absolute Gasteiger partial charge is 0.267 e. The van der Waals surface area contributed by atoms with Crippen molar-refractivity contribution in [1.82, 2.24) is 4.98 Å². The van der Waals surface area contributed by atoms with Gasteiger partial charge in [0.05, 0.1) is 22.0 Å². The first-order valence-corrected chi connectivity index (χ1v) is 8.76. The Morgan fingerprint density at radius 1 is 1.17 bits per heavy atom. The quantitative estimate of drug-likeness (QED) is 0.701. The number of thiophene rings is 1. The molecule has 3 aromatic rings. The molecule has 0 saturated heterocycles. The Balaban J connectivity index is 1.80. The van der Waals surface area contributed by atoms with Gasteiger partial charge in [-0.3, -0.25) is 4.79 Å². The Bertz CT molecular complexity index is 840. The molecular weight excluding hydrogens is 352 g/mol. The first kappa shape index (κ1) is 16.0. The molecule has 1 amide bonds. The fourth-order valence-corrected chi connectivity index (χ4v) is 4.06. The Morgan fingerprint density at radius 2 is 1.91 bits per heavy atom. The summed E-state index contributed by atoms with van der Waals surface area (Å²) in [7, 11) is 1.60. The lowest BCUT2D eigenvalue weighted by Crippen LogP contribution is -2.11. The molecule has 0 spiro atoms. The highest BCUT2D eigenvalue weighted by Gasteiger charge is 2.17. The summed E-state index contributed by atoms with van der Waals surface area (Å²) in [4.78, 5) is 18.5. The zero-order valence-electron chi connectivity index (χ0n) is 12.4. The summed E-state index contributed by atoms with van der Waals surface area (Å²) in [5.74, 6) is 0.577. The first-order valence-electron chi connectivity index (χ1n) is 6.75. The lowest BCUT2D eigenvalue weighted by molar-refractivity contribution is 0.103. The monoisotopic (exact) mass is 364 g/mol. The Kier molecular flexibility index (Phi) is 4.66. The van der Waals surface area contributed by atoms with Gasteiger partial charge in [-0.15, -0.1) is 22.7 Å². The second-order valence-corrected chi connectivity index (χ2v) is 7.43. The number of halogens is 1. The van der Waals surface area contributed by atoms with E-state index in [1.54, 1.807) is 31.4 Å². The Labute approximate surface area is 146 Å². The van der Waals surface area contributed by atoms with E-state index in [2.05, 4.69) is 10.3 Å². The van der Waals surface area contributed by atoms with Crippen molar-refractivity contribution in [2.75, 3.05) is 12.4 Å². The SMILES string of the molecule is COc1ccc(NC(=O)c2sc(-c3ccc(Cl)s3)nc2C)cc1. The molecule has 0 fully saturated rings. The molecule has 4 nitrogen and oxygen atoms in total. The topological polar surface area (TPSA) is 51.2 Å². The van der Waals surface area contributed by atoms with E-state index in [-0.39, 0.29) is 5.91 Å². The van der Waals surface area contributed by atoms with Crippen LogP contribution in [0.15, 0.2) is 36.4 Å². The average Bonchev–Trinajstić information content (AvgIpc) is 3.14. The third kappa shape index (κ3) is 3.55. The van der Waals surface area contributed by atoms with Crippen LogP contribution in [0.25, 0.3) is 9.88 Å². The van der Waals surface area contributed by atoms with E-state index >= 15 is 0 Å². The van der Waals surface area contributed by atoms with Crippen molar-refractivity contribution in [1.29, 1.82) is 0 Å². The molecule has 23 heavy (non-hydrogen) atoms. The summed E-state index contributed by atoms with van der Waals surface area (Å²) >= 11 is 8.77. The molecule has 3 rings (SSSR count). The number of thiazole rings is 1. The Hall–Kier alpha value is -1.89. The summed E-state index contributed by atoms with van der Waals surface area (Å²) in [5.41, 5.74) is 1.42. The standard InChI is InChI=1S/C16H13ClN2O2S2/c1-9-14(23-16(18-9)12-7-8-13(17)22-12)15(20)19-10-3-5-11(21-2)6-4-10/h3-8H,1-2H3,(H,19,20). The maximum atomic E-state index is 12.4. The van der Waals surface area contributed by atoms with Gasteiger partial charge in [0.25, 0.3) is 5.91 Å². The van der Waals surface area contributed by atoms with Crippen LogP contribution in [-0.4, -0.2) is 18.0 Å². The number of amides is 1. The van der Waals surface area contributed by atoms with E-state index in [0.29, 0.717) is 20.6 Å². The van der Waals surface area contributed by atoms with Crippen molar-refractivity contribution in [2.24, 2.45) is 0 Å². The van der Waals surface area contributed by atoms with Gasteiger partial charge in [0.15, 0.2) is 0 Å². The number of aromatic nitrogens is 1. The molecule has 2 heterocycles. The number of ether oxygens (including phenoxy) is 1. The van der Waals surface area contributed by atoms with Crippen LogP contribution in [0, 0.1) is 6.92 Å². The number of aryl methyl sites for hydroxylation is 1. The third-order valence-corrected chi connectivity index (χ3v) is 5.69. The molecular formula is C16H13ClN2O2S2. The number of methoxy groups -OCH3 is 1. The maximum absolute atomic E-state index is 12.4. The highest BCUT2D eigenvalue weighted by atomic mass is 35.5. The molecule has 0 radical (unpaired) electrons. The number of nitrogens with one attached hydrogen (secondary N) is 1. The predicted octanol–water partition coefficient (Wildman–Crippen LogP) is 5.09. The van der Waals surface area contributed by atoms with E-state index in [1.807, 2.05) is 19.1 Å². The molecule has 118 valence electrons. The predicted molar refractivity (Wildman–Crippen MR) is 96.1 cm³/mol. The van der Waals surface area contributed by atoms with Crippen molar-refractivity contribution in [3.8, 4) is 15.6 Å². The minimum absolute atomic E-state index is 0.168. The lowest BCUT2D eigenvalue weighted by atomic mass is 10.3. The van der Waals surface area contributed by atoms with Gasteiger partial charge in [-0.2, -0.15) is 0 Å². The molecule has 0 atom stereocenters. The van der Waals surface area contributed by atoms with Crippen LogP contribution in [0.4, 0.5) is 5.69 Å². The Morgan fingerprint density at radius 3 is 2.52 bits per heavy atom. The maximum Gasteiger partial charge on any atom is 0.267 e. The number of hydrogen-bond acceptors (Lipinski definition) is 5. The molecule has 1 aromatic carbocycles. The van der Waals surface area contributed by atoms with Gasteiger partial charge in [-0.05, 0) is 43.3 Å². The normalized spacial score (nSPS) is 10.6. The van der Waals surface area contributed by atoms with Gasteiger partial charge in [-0.25, -0.2) is 4.98 Å². The van der Waals surface area contributed by atoms with Crippen molar-refractivity contribution in [3.63, 3.8) is 0 Å². The molecule has 0 aliphatic rings. The van der Waals surface area contributed by atoms with Gasteiger partial charge < -0.3 is 10.1 Å². The molecule has 0 bridgehead atoms. The van der Waals surface area contributed by atoms with Crippen LogP contribution >= 0.6 is 34.3 Å². The number of rotatable bonds is 4. The van der Waals surface area contributed by atoms with Crippen molar-refractivity contribution >= 4 is 45.9 Å². The average molecular weight is 365 g/mol. The second-order valence-electron chi connectivity index (χ2n) is 4.72. The fraction of sp³-hybridized carbons (Fsp3) is 0.125. The van der Waals surface area contributed by atoms with Crippen molar-refractivity contribution in [2.45, 2.75) is 6.92 Å². The number of nitrogens with zero attached hydrogens (tertiary/aromatic N) is 1. The van der Waals surface area contributed by atoms with Crippen molar-refractivity contribution in [3.05, 3.63) is 51.3 Å². The van der Waals surface area contributed by atoms with E-state index in [9.17, 15) is 4.79 Å². The van der Waals surface area contributed by atoms with Gasteiger partial charge >= 0.3 is 0 Å². The van der Waals surface area contributed by atoms with Crippen LogP contribution < -0.4 is 10.1 Å². The summed E-state index contributed by atoms with van der Waals surface area (Å²) in [6.45, 7) is 1.83. The van der Waals surface area contributed by atoms with E-state index in [4.69, 9.17) is 16.3 Å². The van der Waals surface area contributed by atoms with Gasteiger partial charge in [0, 0.05) is 5.69 Å². The summed E-state index contributed by atoms with van der Waals surface area (Å²) in [6.07, 6.45) is 0.